The summed E-state index contributed by atoms with van der Waals surface area (Å²) in [5, 5.41) is 11.7. The van der Waals surface area contributed by atoms with Crippen LogP contribution in [0.5, 0.6) is 0 Å². The van der Waals surface area contributed by atoms with Crippen molar-refractivity contribution in [2.24, 2.45) is 0 Å². The minimum atomic E-state index is -4.97. The first-order chi connectivity index (χ1) is 27.9. The number of hydrogen-bond acceptors (Lipinski definition) is 10. The van der Waals surface area contributed by atoms with Crippen LogP contribution in [0.1, 0.15) is 54.7 Å². The molecule has 21 heteroatoms. The van der Waals surface area contributed by atoms with Crippen molar-refractivity contribution in [3.63, 3.8) is 0 Å². The molecule has 3 N–H and O–H groups in total. The number of amides is 2. The smallest absolute Gasteiger partial charge is 0.374 e. The van der Waals surface area contributed by atoms with Crippen LogP contribution in [0.3, 0.4) is 0 Å². The number of carbonyl (C=O) groups is 2. The standard InChI is InChI=1S/C38H40F7N9O4S/c39-30-21-54(15-12-31(30)49-36-46-18-29(38(43,44)45)34(51-36)26-17-47-53(20-26)22-37(40,41)42)59(57,58)28-3-1-2-23(16-28)19-52-13-10-25(11-14-52)24-4-6-27(7-5-24)48-32-8-9-33(55)50-35(32)56/h1-7,16-18,20,25,30-32,48H,8-15,19,21-22H2,(H,46,49,51)(H,50,55,56)/t30-,31+,32?/m1/s1. The van der Waals surface area contributed by atoms with E-state index in [-0.39, 0.29) is 41.7 Å². The predicted molar refractivity (Wildman–Crippen MR) is 200 cm³/mol. The van der Waals surface area contributed by atoms with Gasteiger partial charge >= 0.3 is 12.4 Å². The normalized spacial score (nSPS) is 21.6. The van der Waals surface area contributed by atoms with Gasteiger partial charge in [0.2, 0.25) is 27.8 Å². The fraction of sp³-hybridized carbons (Fsp3) is 0.447. The number of likely N-dealkylation sites (tertiary alicyclic amines) is 1. The van der Waals surface area contributed by atoms with Crippen LogP contribution in [-0.4, -0.2) is 99.8 Å². The molecule has 0 bridgehead atoms. The number of halogens is 7. The summed E-state index contributed by atoms with van der Waals surface area (Å²) in [6, 6.07) is 12.8. The molecular formula is C38H40F7N9O4S. The summed E-state index contributed by atoms with van der Waals surface area (Å²) >= 11 is 0. The second kappa shape index (κ2) is 16.8. The molecule has 3 aliphatic heterocycles. The third-order valence-corrected chi connectivity index (χ3v) is 12.5. The first kappa shape index (κ1) is 42.0. The Hall–Kier alpha value is -5.15. The van der Waals surface area contributed by atoms with Crippen molar-refractivity contribution < 1.29 is 48.7 Å². The predicted octanol–water partition coefficient (Wildman–Crippen LogP) is 5.73. The number of rotatable bonds is 11. The van der Waals surface area contributed by atoms with E-state index in [0.29, 0.717) is 29.8 Å². The average Bonchev–Trinajstić information content (AvgIpc) is 3.64. The molecule has 0 radical (unpaired) electrons. The van der Waals surface area contributed by atoms with E-state index in [4.69, 9.17) is 0 Å². The van der Waals surface area contributed by atoms with Crippen molar-refractivity contribution >= 4 is 33.5 Å². The minimum absolute atomic E-state index is 0.00344. The van der Waals surface area contributed by atoms with Gasteiger partial charge in [-0.25, -0.2) is 22.8 Å². The Kier molecular flexibility index (Phi) is 12.0. The monoisotopic (exact) mass is 851 g/mol. The number of sulfonamides is 1. The molecule has 3 fully saturated rings. The molecule has 0 spiro atoms. The van der Waals surface area contributed by atoms with Crippen LogP contribution in [0.2, 0.25) is 0 Å². The number of nitrogens with zero attached hydrogens (tertiary/aromatic N) is 6. The van der Waals surface area contributed by atoms with Crippen molar-refractivity contribution in [1.29, 1.82) is 0 Å². The molecule has 316 valence electrons. The fourth-order valence-corrected chi connectivity index (χ4v) is 9.11. The van der Waals surface area contributed by atoms with Crippen molar-refractivity contribution in [3.05, 3.63) is 83.8 Å². The van der Waals surface area contributed by atoms with Crippen LogP contribution in [0, 0.1) is 0 Å². The summed E-state index contributed by atoms with van der Waals surface area (Å²) in [7, 11) is -4.13. The van der Waals surface area contributed by atoms with Gasteiger partial charge in [0.25, 0.3) is 0 Å². The van der Waals surface area contributed by atoms with Crippen LogP contribution in [0.25, 0.3) is 11.3 Å². The highest BCUT2D eigenvalue weighted by Gasteiger charge is 2.39. The topological polar surface area (TPSA) is 154 Å². The van der Waals surface area contributed by atoms with Gasteiger partial charge in [-0.1, -0.05) is 24.3 Å². The number of piperidine rings is 3. The number of benzene rings is 2. The molecule has 2 aromatic heterocycles. The van der Waals surface area contributed by atoms with Gasteiger partial charge in [0.15, 0.2) is 0 Å². The molecule has 7 rings (SSSR count). The van der Waals surface area contributed by atoms with E-state index < -0.39 is 70.9 Å². The molecule has 4 aromatic rings. The molecule has 2 amide bonds. The van der Waals surface area contributed by atoms with Crippen molar-refractivity contribution in [1.82, 2.24) is 34.3 Å². The van der Waals surface area contributed by atoms with Crippen molar-refractivity contribution in [2.45, 2.75) is 86.6 Å². The maximum Gasteiger partial charge on any atom is 0.419 e. The third kappa shape index (κ3) is 10.2. The summed E-state index contributed by atoms with van der Waals surface area (Å²) in [4.78, 5) is 33.3. The summed E-state index contributed by atoms with van der Waals surface area (Å²) < 4.78 is 124. The molecule has 3 aliphatic rings. The lowest BCUT2D eigenvalue weighted by Gasteiger charge is -2.34. The second-order valence-corrected chi connectivity index (χ2v) is 16.8. The number of carbonyl (C=O) groups excluding carboxylic acids is 2. The highest BCUT2D eigenvalue weighted by Crippen LogP contribution is 2.37. The zero-order valence-electron chi connectivity index (χ0n) is 31.3. The zero-order chi connectivity index (χ0) is 42.1. The number of aromatic nitrogens is 4. The molecule has 0 saturated carbocycles. The first-order valence-corrected chi connectivity index (χ1v) is 20.3. The largest absolute Gasteiger partial charge is 0.419 e. The molecule has 3 saturated heterocycles. The molecule has 2 aromatic carbocycles. The van der Waals surface area contributed by atoms with Crippen LogP contribution >= 0.6 is 0 Å². The van der Waals surface area contributed by atoms with Crippen LogP contribution < -0.4 is 16.0 Å². The third-order valence-electron chi connectivity index (χ3n) is 10.7. The Bertz CT molecular complexity index is 2260. The lowest BCUT2D eigenvalue weighted by atomic mass is 9.89. The Morgan fingerprint density at radius 2 is 1.64 bits per heavy atom. The van der Waals surface area contributed by atoms with E-state index >= 15 is 4.39 Å². The highest BCUT2D eigenvalue weighted by molar-refractivity contribution is 7.89. The van der Waals surface area contributed by atoms with Gasteiger partial charge in [0.1, 0.15) is 24.3 Å². The van der Waals surface area contributed by atoms with E-state index in [1.807, 2.05) is 30.3 Å². The van der Waals surface area contributed by atoms with Gasteiger partial charge in [0.05, 0.1) is 22.8 Å². The quantitative estimate of drug-likeness (QED) is 0.126. The number of nitrogens with one attached hydrogen (secondary N) is 3. The highest BCUT2D eigenvalue weighted by atomic mass is 32.2. The van der Waals surface area contributed by atoms with Gasteiger partial charge in [-0.3, -0.25) is 24.5 Å². The van der Waals surface area contributed by atoms with Crippen LogP contribution in [-0.2, 0) is 38.9 Å². The molecule has 3 atom stereocenters. The maximum atomic E-state index is 15.6. The second-order valence-electron chi connectivity index (χ2n) is 14.9. The van der Waals surface area contributed by atoms with E-state index in [1.165, 1.54) is 11.6 Å². The molecule has 1 unspecified atom stereocenters. The molecule has 0 aliphatic carbocycles. The SMILES string of the molecule is O=C1CCC(Nc2ccc(C3CCN(Cc4cccc(S(=O)(=O)N5CC[C@H](Nc6ncc(C(F)(F)F)c(-c7cnn(CC(F)(F)F)c7)n6)[C@H](F)C5)c4)CC3)cc2)C(=O)N1. The Balaban J connectivity index is 0.931. The summed E-state index contributed by atoms with van der Waals surface area (Å²) in [6.45, 7) is -0.164. The van der Waals surface area contributed by atoms with E-state index in [2.05, 4.69) is 35.9 Å². The van der Waals surface area contributed by atoms with Gasteiger partial charge in [-0.15, -0.1) is 0 Å². The van der Waals surface area contributed by atoms with E-state index in [0.717, 1.165) is 53.9 Å². The maximum absolute atomic E-state index is 15.6. The fourth-order valence-electron chi connectivity index (χ4n) is 7.58. The summed E-state index contributed by atoms with van der Waals surface area (Å²) in [6.07, 6.45) is -7.04. The van der Waals surface area contributed by atoms with Gasteiger partial charge in [0, 0.05) is 49.7 Å². The lowest BCUT2D eigenvalue weighted by molar-refractivity contribution is -0.142. The molecule has 5 heterocycles. The van der Waals surface area contributed by atoms with E-state index in [9.17, 15) is 44.3 Å². The van der Waals surface area contributed by atoms with Crippen molar-refractivity contribution in [2.75, 3.05) is 36.8 Å². The number of hydrogen-bond donors (Lipinski definition) is 3. The minimum Gasteiger partial charge on any atom is -0.374 e. The Labute approximate surface area is 334 Å². The number of anilines is 2. The number of alkyl halides is 7. The molecular weight excluding hydrogens is 812 g/mol. The zero-order valence-corrected chi connectivity index (χ0v) is 32.1. The Morgan fingerprint density at radius 3 is 2.32 bits per heavy atom. The Morgan fingerprint density at radius 1 is 0.898 bits per heavy atom. The van der Waals surface area contributed by atoms with Gasteiger partial charge in [-0.2, -0.15) is 35.7 Å². The first-order valence-electron chi connectivity index (χ1n) is 18.9. The lowest BCUT2D eigenvalue weighted by Crippen LogP contribution is -2.50. The number of imide groups is 1. The van der Waals surface area contributed by atoms with Crippen LogP contribution in [0.4, 0.5) is 42.4 Å². The van der Waals surface area contributed by atoms with Gasteiger partial charge < -0.3 is 10.6 Å². The summed E-state index contributed by atoms with van der Waals surface area (Å²) in [5.74, 6) is -0.707. The van der Waals surface area contributed by atoms with Gasteiger partial charge in [-0.05, 0) is 80.1 Å². The molecule has 59 heavy (non-hydrogen) atoms. The van der Waals surface area contributed by atoms with E-state index in [1.54, 1.807) is 12.1 Å². The van der Waals surface area contributed by atoms with Crippen LogP contribution in [0.15, 0.2) is 72.0 Å². The van der Waals surface area contributed by atoms with Crippen molar-refractivity contribution in [3.8, 4) is 11.3 Å². The summed E-state index contributed by atoms with van der Waals surface area (Å²) in [5.41, 5.74) is 0.285. The molecule has 13 nitrogen and oxygen atoms in total. The average molecular weight is 852 g/mol.